The fourth-order valence-corrected chi connectivity index (χ4v) is 8.28. The molecule has 0 radical (unpaired) electrons. The van der Waals surface area contributed by atoms with Gasteiger partial charge in [-0.15, -0.1) is 0 Å². The third-order valence-electron chi connectivity index (χ3n) is 12.6. The molecular weight excluding hydrogens is 1040 g/mol. The summed E-state index contributed by atoms with van der Waals surface area (Å²) >= 11 is 0. The molecule has 4 aromatic carbocycles. The second kappa shape index (κ2) is 24.0. The zero-order valence-corrected chi connectivity index (χ0v) is 40.2. The van der Waals surface area contributed by atoms with E-state index in [1.54, 1.807) is 0 Å². The molecule has 3 saturated heterocycles. The maximum Gasteiger partial charge on any atom is 0.402 e. The highest BCUT2D eigenvalue weighted by atomic mass is 16.8. The van der Waals surface area contributed by atoms with Gasteiger partial charge in [0.05, 0.1) is 18.2 Å². The van der Waals surface area contributed by atoms with E-state index in [1.807, 2.05) is 0 Å². The van der Waals surface area contributed by atoms with Crippen LogP contribution >= 0.6 is 0 Å². The van der Waals surface area contributed by atoms with Gasteiger partial charge in [0.1, 0.15) is 97.2 Å². The zero-order valence-electron chi connectivity index (χ0n) is 40.2. The van der Waals surface area contributed by atoms with E-state index in [-0.39, 0.29) is 39.2 Å². The smallest absolute Gasteiger partial charge is 0.402 e. The van der Waals surface area contributed by atoms with Gasteiger partial charge >= 0.3 is 23.3 Å². The van der Waals surface area contributed by atoms with Crippen LogP contribution in [0.2, 0.25) is 0 Å². The molecule has 4 heterocycles. The summed E-state index contributed by atoms with van der Waals surface area (Å²) in [6, 6.07) is 13.9. The van der Waals surface area contributed by atoms with E-state index in [4.69, 9.17) is 42.3 Å². The van der Waals surface area contributed by atoms with E-state index in [1.165, 1.54) is 30.4 Å². The van der Waals surface area contributed by atoms with Crippen molar-refractivity contribution in [2.24, 2.45) is 0 Å². The lowest BCUT2D eigenvalue weighted by atomic mass is 9.97. The number of ether oxygens (including phenoxy) is 8. The highest BCUT2D eigenvalue weighted by Gasteiger charge is 2.53. The lowest BCUT2D eigenvalue weighted by Gasteiger charge is -2.45. The summed E-state index contributed by atoms with van der Waals surface area (Å²) in [6.07, 6.45) is -24.8. The summed E-state index contributed by atoms with van der Waals surface area (Å²) < 4.78 is 52.3. The molecule has 8 rings (SSSR count). The highest BCUT2D eigenvalue weighted by molar-refractivity contribution is 5.89. The molecule has 418 valence electrons. The van der Waals surface area contributed by atoms with Crippen molar-refractivity contribution in [1.82, 2.24) is 0 Å². The minimum Gasteiger partial charge on any atom is -0.507 e. The molecule has 1 aromatic heterocycles. The third-order valence-corrected chi connectivity index (χ3v) is 12.6. The van der Waals surface area contributed by atoms with Crippen LogP contribution in [0.5, 0.6) is 51.7 Å². The van der Waals surface area contributed by atoms with Crippen molar-refractivity contribution in [3.8, 4) is 63.1 Å². The van der Waals surface area contributed by atoms with Gasteiger partial charge in [-0.3, -0.25) is 0 Å². The van der Waals surface area contributed by atoms with E-state index in [0.717, 1.165) is 66.7 Å². The largest absolute Gasteiger partial charge is 0.507 e. The Morgan fingerprint density at radius 3 is 1.54 bits per heavy atom. The van der Waals surface area contributed by atoms with Gasteiger partial charge in [0.15, 0.2) is 46.9 Å². The molecule has 0 spiro atoms. The van der Waals surface area contributed by atoms with Gasteiger partial charge in [-0.05, 0) is 59.7 Å². The number of esters is 2. The van der Waals surface area contributed by atoms with Crippen molar-refractivity contribution in [2.45, 2.75) is 92.1 Å². The van der Waals surface area contributed by atoms with Crippen LogP contribution < -0.4 is 9.47 Å². The number of rotatable bonds is 16. The van der Waals surface area contributed by atoms with Crippen LogP contribution in [0, 0.1) is 0 Å². The number of hydrogen-bond acceptors (Lipinski definition) is 26. The normalized spacial score (nSPS) is 29.4. The number of aliphatic hydroxyl groups is 9. The molecular formula is C51H53O27+. The lowest BCUT2D eigenvalue weighted by molar-refractivity contribution is -0.358. The zero-order chi connectivity index (χ0) is 56.3. The van der Waals surface area contributed by atoms with Crippen LogP contribution in [0.3, 0.4) is 0 Å². The topological polar surface area (TPSA) is 443 Å². The summed E-state index contributed by atoms with van der Waals surface area (Å²) in [4.78, 5) is 25.7. The molecule has 15 atom stereocenters. The molecule has 3 aliphatic rings. The van der Waals surface area contributed by atoms with Crippen LogP contribution in [0.4, 0.5) is 0 Å². The summed E-state index contributed by atoms with van der Waals surface area (Å²) in [5, 5.41) is 168. The molecule has 3 fully saturated rings. The second-order valence-electron chi connectivity index (χ2n) is 18.0. The first-order valence-electron chi connectivity index (χ1n) is 23.5. The molecule has 27 heteroatoms. The van der Waals surface area contributed by atoms with Gasteiger partial charge in [0.2, 0.25) is 18.3 Å². The number of aliphatic hydroxyl groups excluding tert-OH is 9. The molecule has 15 unspecified atom stereocenters. The quantitative estimate of drug-likeness (QED) is 0.0245. The van der Waals surface area contributed by atoms with Crippen molar-refractivity contribution in [3.63, 3.8) is 0 Å². The van der Waals surface area contributed by atoms with Gasteiger partial charge in [-0.25, -0.2) is 14.0 Å². The lowest BCUT2D eigenvalue weighted by Crippen LogP contribution is -2.65. The molecule has 5 aromatic rings. The fourth-order valence-electron chi connectivity index (χ4n) is 8.28. The summed E-state index contributed by atoms with van der Waals surface area (Å²) in [7, 11) is 0. The van der Waals surface area contributed by atoms with Gasteiger partial charge in [0.25, 0.3) is 0 Å². The van der Waals surface area contributed by atoms with E-state index in [9.17, 15) is 91.3 Å². The van der Waals surface area contributed by atoms with Crippen molar-refractivity contribution >= 4 is 35.1 Å². The minimum absolute atomic E-state index is 0.0633. The molecule has 0 bridgehead atoms. The maximum absolute atomic E-state index is 12.9. The van der Waals surface area contributed by atoms with Crippen LogP contribution in [-0.4, -0.2) is 206 Å². The van der Waals surface area contributed by atoms with E-state index >= 15 is 0 Å². The predicted molar refractivity (Wildman–Crippen MR) is 258 cm³/mol. The third kappa shape index (κ3) is 12.5. The van der Waals surface area contributed by atoms with Crippen molar-refractivity contribution < 1.29 is 134 Å². The molecule has 0 saturated carbocycles. The minimum atomic E-state index is -2.19. The van der Waals surface area contributed by atoms with Gasteiger partial charge in [-0.1, -0.05) is 12.1 Å². The average Bonchev–Trinajstić information content (AvgIpc) is 3.48. The first-order valence-corrected chi connectivity index (χ1v) is 23.5. The number of fused-ring (bicyclic) bond motifs is 1. The Labute approximate surface area is 438 Å². The Hall–Kier alpha value is -7.61. The van der Waals surface area contributed by atoms with Crippen LogP contribution in [-0.2, 0) is 38.0 Å². The van der Waals surface area contributed by atoms with Gasteiger partial charge in [0, 0.05) is 30.4 Å². The molecule has 3 aliphatic heterocycles. The first-order chi connectivity index (χ1) is 37.1. The van der Waals surface area contributed by atoms with Crippen molar-refractivity contribution in [3.05, 3.63) is 96.1 Å². The number of phenolic OH excluding ortho intramolecular Hbond substituents is 7. The van der Waals surface area contributed by atoms with Crippen LogP contribution in [0.1, 0.15) is 11.1 Å². The SMILES string of the molecule is O=C(/C=C/c1ccc(O)c(O)c1)OCC1OC(OC2C(Oc3cc4c(OC5OC(CO)C(O)C(O)C5O)cc(O)cc4[o+]c3-c3ccc(O)c(O)c3)OC(COC(=O)/C=C/c3ccc(O)c(O)c3)C(O)C2O)C(O)C(O)C1O. The second-order valence-corrected chi connectivity index (χ2v) is 18.0. The van der Waals surface area contributed by atoms with Crippen molar-refractivity contribution in [1.29, 1.82) is 0 Å². The number of carbonyl (C=O) groups excluding carboxylic acids is 2. The molecule has 16 N–H and O–H groups in total. The Balaban J connectivity index is 1.13. The molecule has 27 nitrogen and oxygen atoms in total. The number of aromatic hydroxyl groups is 7. The van der Waals surface area contributed by atoms with E-state index in [2.05, 4.69) is 0 Å². The molecule has 0 amide bonds. The Bertz CT molecular complexity index is 3020. The van der Waals surface area contributed by atoms with E-state index < -0.39 is 170 Å². The molecule has 78 heavy (non-hydrogen) atoms. The average molecular weight is 1100 g/mol. The number of carbonyl (C=O) groups is 2. The standard InChI is InChI=1S/C51H52O27/c52-17-34-39(62)42(65)45(68)49(75-34)73-32-15-23(53)14-31-24(32)16-33(47(72-31)22-5-8-27(56)30(59)13-22)74-51-48(44(67)41(64)36(77-51)19-71-38(61)10-4-21-2-7-26(55)29(58)12-21)78-50-46(69)43(66)40(63)35(76-50)18-70-37(60)9-3-20-1-6-25(54)28(57)11-20/h1-16,34-36,39-46,48-52,62-69H,17-19H2,(H6-,53,54,55,56,57,58,59,60,61)/p+1. The first kappa shape index (κ1) is 56.6. The number of hydrogen-bond donors (Lipinski definition) is 16. The Kier molecular flexibility index (Phi) is 17.4. The number of benzene rings is 4. The fraction of sp³-hybridized carbons (Fsp3) is 0.353. The summed E-state index contributed by atoms with van der Waals surface area (Å²) in [6.45, 7) is -2.48. The predicted octanol–water partition coefficient (Wildman–Crippen LogP) is -0.970. The molecule has 0 aliphatic carbocycles. The Morgan fingerprint density at radius 1 is 0.500 bits per heavy atom. The monoisotopic (exact) mass is 1100 g/mol. The van der Waals surface area contributed by atoms with Gasteiger partial charge in [-0.2, -0.15) is 0 Å². The van der Waals surface area contributed by atoms with Crippen LogP contribution in [0.15, 0.2) is 89.4 Å². The summed E-state index contributed by atoms with van der Waals surface area (Å²) in [5.74, 6) is -6.86. The summed E-state index contributed by atoms with van der Waals surface area (Å²) in [5.41, 5.74) is 0.231. The maximum atomic E-state index is 12.9. The number of phenols is 7. The van der Waals surface area contributed by atoms with E-state index in [0.29, 0.717) is 0 Å². The van der Waals surface area contributed by atoms with Crippen LogP contribution in [0.25, 0.3) is 34.4 Å². The van der Waals surface area contributed by atoms with Crippen molar-refractivity contribution in [2.75, 3.05) is 19.8 Å². The highest BCUT2D eigenvalue weighted by Crippen LogP contribution is 2.44. The Morgan fingerprint density at radius 2 is 0.987 bits per heavy atom. The van der Waals surface area contributed by atoms with Gasteiger partial charge < -0.3 is 120 Å².